The van der Waals surface area contributed by atoms with Crippen LogP contribution in [-0.4, -0.2) is 46.5 Å². The number of likely N-dealkylation sites (tertiary alicyclic amines) is 1. The van der Waals surface area contributed by atoms with Crippen molar-refractivity contribution in [3.05, 3.63) is 59.7 Å². The van der Waals surface area contributed by atoms with Crippen molar-refractivity contribution in [1.82, 2.24) is 20.4 Å². The van der Waals surface area contributed by atoms with E-state index in [0.717, 1.165) is 36.1 Å². The summed E-state index contributed by atoms with van der Waals surface area (Å²) in [5.74, 6) is 1.14. The Hall–Kier alpha value is -3.48. The number of rotatable bonds is 5. The Kier molecular flexibility index (Phi) is 6.11. The number of amides is 2. The van der Waals surface area contributed by atoms with E-state index in [-0.39, 0.29) is 11.8 Å². The topological polar surface area (TPSA) is 88.3 Å². The first-order valence-corrected chi connectivity index (χ1v) is 10.5. The Morgan fingerprint density at radius 3 is 2.55 bits per heavy atom. The highest BCUT2D eigenvalue weighted by Crippen LogP contribution is 2.24. The van der Waals surface area contributed by atoms with Crippen molar-refractivity contribution in [2.75, 3.05) is 19.6 Å². The fourth-order valence-electron chi connectivity index (χ4n) is 3.86. The molecule has 1 aromatic heterocycles. The summed E-state index contributed by atoms with van der Waals surface area (Å²) in [5, 5.41) is 11.3. The molecule has 7 heteroatoms. The zero-order valence-corrected chi connectivity index (χ0v) is 17.8. The van der Waals surface area contributed by atoms with Crippen LogP contribution >= 0.6 is 0 Å². The summed E-state index contributed by atoms with van der Waals surface area (Å²) < 4.78 is 5.81. The van der Waals surface area contributed by atoms with E-state index in [4.69, 9.17) is 4.42 Å². The van der Waals surface area contributed by atoms with E-state index in [1.165, 1.54) is 0 Å². The molecule has 1 fully saturated rings. The molecule has 0 aliphatic carbocycles. The standard InChI is InChI=1S/C24H26N4O3/c1-16-5-3-7-21(13-16)24-27-26-23(31-24)20-10-8-19(9-11-20)22(30)25-14-18-6-4-12-28(15-18)17(2)29/h3,5,7-11,13,18H,4,6,12,14-15H2,1-2H3,(H,25,30)/t18-/m0/s1. The number of carbonyl (C=O) groups is 2. The number of nitrogens with zero attached hydrogens (tertiary/aromatic N) is 3. The summed E-state index contributed by atoms with van der Waals surface area (Å²) in [6.07, 6.45) is 1.99. The maximum Gasteiger partial charge on any atom is 0.251 e. The number of hydrogen-bond donors (Lipinski definition) is 1. The summed E-state index contributed by atoms with van der Waals surface area (Å²) in [4.78, 5) is 26.0. The van der Waals surface area contributed by atoms with Crippen LogP contribution in [0.5, 0.6) is 0 Å². The third-order valence-corrected chi connectivity index (χ3v) is 5.60. The molecule has 1 saturated heterocycles. The molecule has 7 nitrogen and oxygen atoms in total. The van der Waals surface area contributed by atoms with E-state index in [1.54, 1.807) is 31.2 Å². The highest BCUT2D eigenvalue weighted by atomic mass is 16.4. The summed E-state index contributed by atoms with van der Waals surface area (Å²) in [7, 11) is 0. The molecule has 0 spiro atoms. The van der Waals surface area contributed by atoms with Crippen LogP contribution in [0.15, 0.2) is 52.9 Å². The van der Waals surface area contributed by atoms with E-state index in [2.05, 4.69) is 15.5 Å². The van der Waals surface area contributed by atoms with Crippen LogP contribution in [0.3, 0.4) is 0 Å². The van der Waals surface area contributed by atoms with E-state index in [0.29, 0.717) is 36.4 Å². The molecule has 1 atom stereocenters. The average Bonchev–Trinajstić information content (AvgIpc) is 3.28. The maximum absolute atomic E-state index is 12.5. The zero-order valence-electron chi connectivity index (χ0n) is 17.8. The minimum Gasteiger partial charge on any atom is -0.416 e. The van der Waals surface area contributed by atoms with Crippen LogP contribution < -0.4 is 5.32 Å². The Labute approximate surface area is 181 Å². The largest absolute Gasteiger partial charge is 0.416 e. The van der Waals surface area contributed by atoms with E-state index in [9.17, 15) is 9.59 Å². The van der Waals surface area contributed by atoms with E-state index in [1.807, 2.05) is 36.1 Å². The van der Waals surface area contributed by atoms with Crippen molar-refractivity contribution >= 4 is 11.8 Å². The molecule has 31 heavy (non-hydrogen) atoms. The van der Waals surface area contributed by atoms with Crippen molar-refractivity contribution in [3.63, 3.8) is 0 Å². The molecule has 1 N–H and O–H groups in total. The molecule has 1 aliphatic heterocycles. The molecule has 3 aromatic rings. The van der Waals surface area contributed by atoms with Gasteiger partial charge in [0, 0.05) is 43.2 Å². The first-order chi connectivity index (χ1) is 15.0. The van der Waals surface area contributed by atoms with Gasteiger partial charge in [-0.2, -0.15) is 0 Å². The molecular weight excluding hydrogens is 392 g/mol. The Morgan fingerprint density at radius 1 is 1.10 bits per heavy atom. The Bertz CT molecular complexity index is 1070. The molecule has 0 saturated carbocycles. The third kappa shape index (κ3) is 4.99. The molecule has 0 bridgehead atoms. The number of carbonyl (C=O) groups excluding carboxylic acids is 2. The normalized spacial score (nSPS) is 16.2. The second kappa shape index (κ2) is 9.12. The van der Waals surface area contributed by atoms with Crippen molar-refractivity contribution < 1.29 is 14.0 Å². The predicted octanol–water partition coefficient (Wildman–Crippen LogP) is 3.70. The lowest BCUT2D eigenvalue weighted by molar-refractivity contribution is -0.130. The van der Waals surface area contributed by atoms with Gasteiger partial charge in [0.1, 0.15) is 0 Å². The smallest absolute Gasteiger partial charge is 0.251 e. The molecule has 2 amide bonds. The number of benzene rings is 2. The number of hydrogen-bond acceptors (Lipinski definition) is 5. The van der Waals surface area contributed by atoms with Gasteiger partial charge in [0.2, 0.25) is 17.7 Å². The lowest BCUT2D eigenvalue weighted by atomic mass is 9.98. The maximum atomic E-state index is 12.5. The zero-order chi connectivity index (χ0) is 21.8. The first kappa shape index (κ1) is 20.8. The lowest BCUT2D eigenvalue weighted by Crippen LogP contribution is -2.42. The van der Waals surface area contributed by atoms with Gasteiger partial charge >= 0.3 is 0 Å². The summed E-state index contributed by atoms with van der Waals surface area (Å²) in [5.41, 5.74) is 3.32. The predicted molar refractivity (Wildman–Crippen MR) is 117 cm³/mol. The highest BCUT2D eigenvalue weighted by molar-refractivity contribution is 5.94. The second-order valence-corrected chi connectivity index (χ2v) is 8.04. The molecule has 2 aromatic carbocycles. The van der Waals surface area contributed by atoms with Gasteiger partial charge in [-0.25, -0.2) is 0 Å². The van der Waals surface area contributed by atoms with Crippen LogP contribution in [0.4, 0.5) is 0 Å². The molecule has 0 radical (unpaired) electrons. The second-order valence-electron chi connectivity index (χ2n) is 8.04. The highest BCUT2D eigenvalue weighted by Gasteiger charge is 2.22. The van der Waals surface area contributed by atoms with Gasteiger partial charge in [-0.3, -0.25) is 9.59 Å². The van der Waals surface area contributed by atoms with Gasteiger partial charge in [-0.15, -0.1) is 10.2 Å². The van der Waals surface area contributed by atoms with Crippen LogP contribution in [0.25, 0.3) is 22.9 Å². The van der Waals surface area contributed by atoms with Gasteiger partial charge in [0.15, 0.2) is 0 Å². The SMILES string of the molecule is CC(=O)N1CCC[C@@H](CNC(=O)c2ccc(-c3nnc(-c4cccc(C)c4)o3)cc2)C1. The van der Waals surface area contributed by atoms with Crippen LogP contribution in [-0.2, 0) is 4.79 Å². The molecular formula is C24H26N4O3. The fraction of sp³-hybridized carbons (Fsp3) is 0.333. The van der Waals surface area contributed by atoms with Crippen molar-refractivity contribution in [2.24, 2.45) is 5.92 Å². The minimum absolute atomic E-state index is 0.0956. The van der Waals surface area contributed by atoms with Gasteiger partial charge in [0.05, 0.1) is 0 Å². The summed E-state index contributed by atoms with van der Waals surface area (Å²) >= 11 is 0. The first-order valence-electron chi connectivity index (χ1n) is 10.5. The van der Waals surface area contributed by atoms with Crippen LogP contribution in [0, 0.1) is 12.8 Å². The monoisotopic (exact) mass is 418 g/mol. The number of aromatic nitrogens is 2. The molecule has 160 valence electrons. The van der Waals surface area contributed by atoms with Crippen molar-refractivity contribution in [3.8, 4) is 22.9 Å². The van der Waals surface area contributed by atoms with Gasteiger partial charge in [0.25, 0.3) is 5.91 Å². The molecule has 4 rings (SSSR count). The number of aryl methyl sites for hydroxylation is 1. The summed E-state index contributed by atoms with van der Waals surface area (Å²) in [6.45, 7) is 5.68. The van der Waals surface area contributed by atoms with Gasteiger partial charge in [-0.1, -0.05) is 17.7 Å². The van der Waals surface area contributed by atoms with Crippen LogP contribution in [0.1, 0.15) is 35.7 Å². The van der Waals surface area contributed by atoms with Crippen LogP contribution in [0.2, 0.25) is 0 Å². The molecule has 2 heterocycles. The molecule has 0 unspecified atom stereocenters. The number of nitrogens with one attached hydrogen (secondary N) is 1. The van der Waals surface area contributed by atoms with Crippen molar-refractivity contribution in [1.29, 1.82) is 0 Å². The summed E-state index contributed by atoms with van der Waals surface area (Å²) in [6, 6.07) is 15.0. The fourth-order valence-corrected chi connectivity index (χ4v) is 3.86. The third-order valence-electron chi connectivity index (χ3n) is 5.60. The number of piperidine rings is 1. The van der Waals surface area contributed by atoms with E-state index < -0.39 is 0 Å². The Balaban J connectivity index is 1.37. The van der Waals surface area contributed by atoms with Crippen molar-refractivity contribution in [2.45, 2.75) is 26.7 Å². The van der Waals surface area contributed by atoms with Gasteiger partial charge in [-0.05, 0) is 62.1 Å². The Morgan fingerprint density at radius 2 is 1.84 bits per heavy atom. The lowest BCUT2D eigenvalue weighted by Gasteiger charge is -2.32. The minimum atomic E-state index is -0.127. The van der Waals surface area contributed by atoms with Gasteiger partial charge < -0.3 is 14.6 Å². The van der Waals surface area contributed by atoms with E-state index >= 15 is 0 Å². The quantitative estimate of drug-likeness (QED) is 0.683. The average molecular weight is 418 g/mol. The molecule has 1 aliphatic rings.